The van der Waals surface area contributed by atoms with Gasteiger partial charge in [0.05, 0.1) is 13.2 Å². The molecular formula is C12H24N6O2. The largest absolute Gasteiger partial charge is 0.380 e. The Bertz CT molecular complexity index is 380. The van der Waals surface area contributed by atoms with Crippen molar-refractivity contribution in [2.24, 2.45) is 5.84 Å². The van der Waals surface area contributed by atoms with Crippen molar-refractivity contribution in [2.75, 3.05) is 55.6 Å². The second-order valence-corrected chi connectivity index (χ2v) is 3.99. The minimum Gasteiger partial charge on any atom is -0.380 e. The first-order valence-corrected chi connectivity index (χ1v) is 6.72. The third-order valence-electron chi connectivity index (χ3n) is 2.62. The molecule has 5 N–H and O–H groups in total. The molecule has 0 fully saturated rings. The van der Waals surface area contributed by atoms with Gasteiger partial charge in [-0.2, -0.15) is 9.97 Å². The lowest BCUT2D eigenvalue weighted by atomic mass is 10.4. The summed E-state index contributed by atoms with van der Waals surface area (Å²) in [6.45, 7) is 7.90. The zero-order valence-electron chi connectivity index (χ0n) is 12.1. The zero-order chi connectivity index (χ0) is 14.8. The lowest BCUT2D eigenvalue weighted by Crippen LogP contribution is -2.32. The van der Waals surface area contributed by atoms with Crippen LogP contribution in [0.4, 0.5) is 17.6 Å². The Hall–Kier alpha value is -1.64. The summed E-state index contributed by atoms with van der Waals surface area (Å²) in [5.41, 5.74) is 8.15. The maximum atomic E-state index is 5.68. The van der Waals surface area contributed by atoms with Gasteiger partial charge in [0.15, 0.2) is 0 Å². The number of ether oxygens (including phenoxy) is 2. The van der Waals surface area contributed by atoms with Crippen molar-refractivity contribution in [3.05, 3.63) is 6.07 Å². The summed E-state index contributed by atoms with van der Waals surface area (Å²) in [7, 11) is 0. The summed E-state index contributed by atoms with van der Waals surface area (Å²) in [5, 5.41) is 0. The van der Waals surface area contributed by atoms with E-state index in [0.717, 1.165) is 0 Å². The average Bonchev–Trinajstić information content (AvgIpc) is 2.45. The molecule has 1 aromatic rings. The van der Waals surface area contributed by atoms with E-state index < -0.39 is 0 Å². The molecule has 0 atom stereocenters. The van der Waals surface area contributed by atoms with Crippen molar-refractivity contribution >= 4 is 17.6 Å². The molecule has 1 aromatic heterocycles. The smallest absolute Gasteiger partial charge is 0.223 e. The van der Waals surface area contributed by atoms with Crippen molar-refractivity contribution in [1.82, 2.24) is 9.97 Å². The van der Waals surface area contributed by atoms with Crippen molar-refractivity contribution in [3.63, 3.8) is 0 Å². The summed E-state index contributed by atoms with van der Waals surface area (Å²) in [5.74, 6) is 6.72. The summed E-state index contributed by atoms with van der Waals surface area (Å²) < 4.78 is 10.8. The Morgan fingerprint density at radius 1 is 1.15 bits per heavy atom. The minimum absolute atomic E-state index is 0.174. The second-order valence-electron chi connectivity index (χ2n) is 3.99. The Labute approximate surface area is 119 Å². The van der Waals surface area contributed by atoms with Gasteiger partial charge in [-0.05, 0) is 13.8 Å². The highest BCUT2D eigenvalue weighted by Gasteiger charge is 2.10. The van der Waals surface area contributed by atoms with E-state index in [0.29, 0.717) is 51.2 Å². The van der Waals surface area contributed by atoms with E-state index in [4.69, 9.17) is 21.1 Å². The summed E-state index contributed by atoms with van der Waals surface area (Å²) in [6, 6.07) is 1.74. The molecule has 0 radical (unpaired) electrons. The van der Waals surface area contributed by atoms with E-state index in [9.17, 15) is 0 Å². The van der Waals surface area contributed by atoms with E-state index in [2.05, 4.69) is 15.4 Å². The van der Waals surface area contributed by atoms with Gasteiger partial charge < -0.3 is 25.5 Å². The van der Waals surface area contributed by atoms with Gasteiger partial charge in [0.1, 0.15) is 11.6 Å². The van der Waals surface area contributed by atoms with Crippen LogP contribution < -0.4 is 21.9 Å². The number of nitrogens with one attached hydrogen (secondary N) is 1. The van der Waals surface area contributed by atoms with E-state index in [1.807, 2.05) is 18.7 Å². The molecule has 0 bridgehead atoms. The SMILES string of the molecule is CCOCCN(CCOCC)c1cc(NN)nc(N)n1. The van der Waals surface area contributed by atoms with Gasteiger partial charge in [-0.15, -0.1) is 0 Å². The van der Waals surface area contributed by atoms with Crippen LogP contribution in [0.5, 0.6) is 0 Å². The number of nitrogen functional groups attached to an aromatic ring is 2. The van der Waals surface area contributed by atoms with E-state index in [1.165, 1.54) is 0 Å². The Kier molecular flexibility index (Phi) is 7.63. The lowest BCUT2D eigenvalue weighted by molar-refractivity contribution is 0.141. The van der Waals surface area contributed by atoms with Gasteiger partial charge in [0.2, 0.25) is 5.95 Å². The fourth-order valence-electron chi connectivity index (χ4n) is 1.67. The quantitative estimate of drug-likeness (QED) is 0.318. The summed E-state index contributed by atoms with van der Waals surface area (Å²) >= 11 is 0. The van der Waals surface area contributed by atoms with Crippen LogP contribution in [0.15, 0.2) is 6.07 Å². The van der Waals surface area contributed by atoms with Crippen molar-refractivity contribution < 1.29 is 9.47 Å². The van der Waals surface area contributed by atoms with Crippen LogP contribution in [0, 0.1) is 0 Å². The van der Waals surface area contributed by atoms with Crippen molar-refractivity contribution in [3.8, 4) is 0 Å². The first-order valence-electron chi connectivity index (χ1n) is 6.72. The Morgan fingerprint density at radius 3 is 2.25 bits per heavy atom. The fraction of sp³-hybridized carbons (Fsp3) is 0.667. The lowest BCUT2D eigenvalue weighted by Gasteiger charge is -2.24. The molecule has 0 aliphatic heterocycles. The van der Waals surface area contributed by atoms with Gasteiger partial charge in [0, 0.05) is 32.4 Å². The molecule has 0 saturated heterocycles. The number of hydrogen-bond donors (Lipinski definition) is 3. The van der Waals surface area contributed by atoms with Crippen LogP contribution in [0.1, 0.15) is 13.8 Å². The standard InChI is InChI=1S/C12H24N6O2/c1-3-19-7-5-18(6-8-20-4-2)11-9-10(17-14)15-12(13)16-11/h9H,3-8,14H2,1-2H3,(H3,13,15,16,17). The average molecular weight is 284 g/mol. The first-order chi connectivity index (χ1) is 9.71. The highest BCUT2D eigenvalue weighted by Crippen LogP contribution is 2.16. The van der Waals surface area contributed by atoms with E-state index in [-0.39, 0.29) is 5.95 Å². The van der Waals surface area contributed by atoms with Crippen molar-refractivity contribution in [1.29, 1.82) is 0 Å². The zero-order valence-corrected chi connectivity index (χ0v) is 12.1. The number of aromatic nitrogens is 2. The van der Waals surface area contributed by atoms with Crippen LogP contribution in [-0.2, 0) is 9.47 Å². The van der Waals surface area contributed by atoms with Gasteiger partial charge >= 0.3 is 0 Å². The molecule has 114 valence electrons. The molecule has 0 aliphatic rings. The molecule has 1 rings (SSSR count). The van der Waals surface area contributed by atoms with Crippen LogP contribution >= 0.6 is 0 Å². The number of hydrazine groups is 1. The summed E-state index contributed by atoms with van der Waals surface area (Å²) in [6.07, 6.45) is 0. The topological polar surface area (TPSA) is 112 Å². The third kappa shape index (κ3) is 5.55. The summed E-state index contributed by atoms with van der Waals surface area (Å²) in [4.78, 5) is 10.2. The van der Waals surface area contributed by atoms with Crippen LogP contribution in [-0.4, -0.2) is 49.5 Å². The highest BCUT2D eigenvalue weighted by molar-refractivity contribution is 5.52. The molecule has 0 spiro atoms. The first kappa shape index (κ1) is 16.4. The van der Waals surface area contributed by atoms with Gasteiger partial charge in [0.25, 0.3) is 0 Å². The fourth-order valence-corrected chi connectivity index (χ4v) is 1.67. The molecule has 8 nitrogen and oxygen atoms in total. The number of nitrogens with two attached hydrogens (primary N) is 2. The molecular weight excluding hydrogens is 260 g/mol. The van der Waals surface area contributed by atoms with Crippen LogP contribution in [0.2, 0.25) is 0 Å². The maximum absolute atomic E-state index is 5.68. The van der Waals surface area contributed by atoms with Gasteiger partial charge in [-0.25, -0.2) is 5.84 Å². The number of anilines is 3. The third-order valence-corrected chi connectivity index (χ3v) is 2.62. The molecule has 0 aromatic carbocycles. The predicted molar refractivity (Wildman–Crippen MR) is 79.5 cm³/mol. The molecule has 0 amide bonds. The second kappa shape index (κ2) is 9.29. The molecule has 0 unspecified atom stereocenters. The van der Waals surface area contributed by atoms with E-state index >= 15 is 0 Å². The highest BCUT2D eigenvalue weighted by atomic mass is 16.5. The van der Waals surface area contributed by atoms with Gasteiger partial charge in [-0.1, -0.05) is 0 Å². The molecule has 20 heavy (non-hydrogen) atoms. The van der Waals surface area contributed by atoms with E-state index in [1.54, 1.807) is 6.07 Å². The normalized spacial score (nSPS) is 10.6. The monoisotopic (exact) mass is 284 g/mol. The molecule has 0 aliphatic carbocycles. The molecule has 1 heterocycles. The molecule has 0 saturated carbocycles. The van der Waals surface area contributed by atoms with Gasteiger partial charge in [-0.3, -0.25) is 0 Å². The number of rotatable bonds is 10. The number of nitrogens with zero attached hydrogens (tertiary/aromatic N) is 3. The number of hydrogen-bond acceptors (Lipinski definition) is 8. The van der Waals surface area contributed by atoms with Crippen LogP contribution in [0.25, 0.3) is 0 Å². The Morgan fingerprint density at radius 2 is 1.75 bits per heavy atom. The van der Waals surface area contributed by atoms with Crippen LogP contribution in [0.3, 0.4) is 0 Å². The van der Waals surface area contributed by atoms with Crippen molar-refractivity contribution in [2.45, 2.75) is 13.8 Å². The Balaban J connectivity index is 2.75. The molecule has 8 heteroatoms. The minimum atomic E-state index is 0.174. The predicted octanol–water partition coefficient (Wildman–Crippen LogP) is 0.224. The maximum Gasteiger partial charge on any atom is 0.223 e.